The van der Waals surface area contributed by atoms with E-state index in [1.165, 1.54) is 12.8 Å². The highest BCUT2D eigenvalue weighted by molar-refractivity contribution is 5.94. The Morgan fingerprint density at radius 2 is 1.95 bits per heavy atom. The molecule has 0 aromatic carbocycles. The van der Waals surface area contributed by atoms with Gasteiger partial charge in [-0.1, -0.05) is 27.7 Å². The Kier molecular flexibility index (Phi) is 4.31. The second kappa shape index (κ2) is 5.81. The van der Waals surface area contributed by atoms with Crippen molar-refractivity contribution in [1.29, 1.82) is 0 Å². The van der Waals surface area contributed by atoms with Crippen LogP contribution in [-0.4, -0.2) is 24.0 Å². The Bertz CT molecular complexity index is 454. The van der Waals surface area contributed by atoms with E-state index in [1.807, 2.05) is 32.9 Å². The van der Waals surface area contributed by atoms with E-state index in [-0.39, 0.29) is 11.3 Å². The lowest BCUT2D eigenvalue weighted by molar-refractivity contribution is -0.123. The number of anilines is 2. The van der Waals surface area contributed by atoms with Crippen molar-refractivity contribution in [2.75, 3.05) is 23.3 Å². The Morgan fingerprint density at radius 1 is 1.30 bits per heavy atom. The molecule has 1 aliphatic heterocycles. The number of hydrogen-bond acceptors (Lipinski definition) is 3. The molecule has 1 aromatic heterocycles. The van der Waals surface area contributed by atoms with E-state index in [4.69, 9.17) is 0 Å². The fraction of sp³-hybridized carbons (Fsp3) is 0.625. The maximum absolute atomic E-state index is 11.9. The molecule has 1 fully saturated rings. The summed E-state index contributed by atoms with van der Waals surface area (Å²) in [6, 6.07) is 3.93. The molecule has 0 radical (unpaired) electrons. The number of piperidine rings is 1. The maximum Gasteiger partial charge on any atom is 0.229 e. The minimum absolute atomic E-state index is 0.0128. The normalized spacial score (nSPS) is 17.1. The van der Waals surface area contributed by atoms with Crippen LogP contribution >= 0.6 is 0 Å². The molecule has 1 aromatic rings. The summed E-state index contributed by atoms with van der Waals surface area (Å²) >= 11 is 0. The van der Waals surface area contributed by atoms with E-state index in [9.17, 15) is 4.79 Å². The molecule has 2 rings (SSSR count). The van der Waals surface area contributed by atoms with Crippen LogP contribution in [0.5, 0.6) is 0 Å². The third kappa shape index (κ3) is 3.71. The molecule has 1 saturated heterocycles. The van der Waals surface area contributed by atoms with Gasteiger partial charge in [-0.2, -0.15) is 0 Å². The van der Waals surface area contributed by atoms with Gasteiger partial charge in [0.05, 0.1) is 11.9 Å². The Labute approximate surface area is 121 Å². The summed E-state index contributed by atoms with van der Waals surface area (Å²) in [5.41, 5.74) is 0.376. The van der Waals surface area contributed by atoms with Crippen LogP contribution in [0.1, 0.15) is 40.5 Å². The molecule has 1 aliphatic rings. The number of nitrogens with one attached hydrogen (secondary N) is 1. The van der Waals surface area contributed by atoms with E-state index in [0.717, 1.165) is 30.5 Å². The van der Waals surface area contributed by atoms with Gasteiger partial charge in [0, 0.05) is 18.5 Å². The van der Waals surface area contributed by atoms with Crippen molar-refractivity contribution in [3.8, 4) is 0 Å². The number of hydrogen-bond donors (Lipinski definition) is 1. The number of nitrogens with zero attached hydrogens (tertiary/aromatic N) is 2. The number of rotatable bonds is 2. The van der Waals surface area contributed by atoms with Gasteiger partial charge < -0.3 is 10.2 Å². The monoisotopic (exact) mass is 275 g/mol. The fourth-order valence-corrected chi connectivity index (χ4v) is 2.20. The van der Waals surface area contributed by atoms with Crippen molar-refractivity contribution in [3.63, 3.8) is 0 Å². The predicted molar refractivity (Wildman–Crippen MR) is 82.9 cm³/mol. The van der Waals surface area contributed by atoms with Gasteiger partial charge in [0.2, 0.25) is 5.91 Å². The summed E-state index contributed by atoms with van der Waals surface area (Å²) in [6.45, 7) is 10.1. The largest absolute Gasteiger partial charge is 0.357 e. The Hall–Kier alpha value is -1.58. The van der Waals surface area contributed by atoms with Gasteiger partial charge in [0.15, 0.2) is 0 Å². The van der Waals surface area contributed by atoms with Crippen LogP contribution in [-0.2, 0) is 4.79 Å². The standard InChI is InChI=1S/C16H25N3O/c1-12-7-9-19(10-8-12)14-6-5-13(11-17-14)18-15(20)16(2,3)4/h5-6,11-12H,7-10H2,1-4H3,(H,18,20). The van der Waals surface area contributed by atoms with Crippen LogP contribution < -0.4 is 10.2 Å². The lowest BCUT2D eigenvalue weighted by Gasteiger charge is -2.31. The highest BCUT2D eigenvalue weighted by atomic mass is 16.2. The molecule has 0 bridgehead atoms. The van der Waals surface area contributed by atoms with Crippen molar-refractivity contribution in [1.82, 2.24) is 4.98 Å². The first kappa shape index (κ1) is 14.8. The van der Waals surface area contributed by atoms with Gasteiger partial charge in [-0.25, -0.2) is 4.98 Å². The molecule has 4 nitrogen and oxygen atoms in total. The first-order chi connectivity index (χ1) is 9.36. The third-order valence-corrected chi connectivity index (χ3v) is 3.79. The van der Waals surface area contributed by atoms with E-state index in [0.29, 0.717) is 0 Å². The molecule has 1 N–H and O–H groups in total. The van der Waals surface area contributed by atoms with Gasteiger partial charge in [0.25, 0.3) is 0 Å². The van der Waals surface area contributed by atoms with Crippen LogP contribution in [0.2, 0.25) is 0 Å². The van der Waals surface area contributed by atoms with E-state index < -0.39 is 0 Å². The number of amides is 1. The molecule has 0 saturated carbocycles. The summed E-state index contributed by atoms with van der Waals surface area (Å²) in [6.07, 6.45) is 4.20. The number of carbonyl (C=O) groups excluding carboxylic acids is 1. The predicted octanol–water partition coefficient (Wildman–Crippen LogP) is 3.30. The molecule has 0 atom stereocenters. The Balaban J connectivity index is 1.98. The summed E-state index contributed by atoms with van der Waals surface area (Å²) < 4.78 is 0. The van der Waals surface area contributed by atoms with Gasteiger partial charge in [0.1, 0.15) is 5.82 Å². The quantitative estimate of drug-likeness (QED) is 0.900. The first-order valence-corrected chi connectivity index (χ1v) is 7.39. The zero-order valence-electron chi connectivity index (χ0n) is 12.9. The van der Waals surface area contributed by atoms with Crippen LogP contribution in [0.4, 0.5) is 11.5 Å². The fourth-order valence-electron chi connectivity index (χ4n) is 2.20. The second-order valence-electron chi connectivity index (χ2n) is 6.78. The summed E-state index contributed by atoms with van der Waals surface area (Å²) in [5.74, 6) is 1.83. The summed E-state index contributed by atoms with van der Waals surface area (Å²) in [4.78, 5) is 18.7. The molecule has 20 heavy (non-hydrogen) atoms. The van der Waals surface area contributed by atoms with Crippen LogP contribution in [0.15, 0.2) is 18.3 Å². The van der Waals surface area contributed by atoms with Crippen molar-refractivity contribution >= 4 is 17.4 Å². The molecule has 0 spiro atoms. The SMILES string of the molecule is CC1CCN(c2ccc(NC(=O)C(C)(C)C)cn2)CC1. The third-order valence-electron chi connectivity index (χ3n) is 3.79. The first-order valence-electron chi connectivity index (χ1n) is 7.39. The number of aromatic nitrogens is 1. The highest BCUT2D eigenvalue weighted by Gasteiger charge is 2.21. The second-order valence-corrected chi connectivity index (χ2v) is 6.78. The lowest BCUT2D eigenvalue weighted by atomic mass is 9.95. The van der Waals surface area contributed by atoms with Gasteiger partial charge in [-0.15, -0.1) is 0 Å². The van der Waals surface area contributed by atoms with Gasteiger partial charge in [-0.05, 0) is 30.9 Å². The van der Waals surface area contributed by atoms with Crippen LogP contribution in [0.3, 0.4) is 0 Å². The molecule has 2 heterocycles. The summed E-state index contributed by atoms with van der Waals surface area (Å²) in [7, 11) is 0. The lowest BCUT2D eigenvalue weighted by Crippen LogP contribution is -2.33. The minimum Gasteiger partial charge on any atom is -0.357 e. The van der Waals surface area contributed by atoms with Crippen LogP contribution in [0.25, 0.3) is 0 Å². The minimum atomic E-state index is -0.387. The van der Waals surface area contributed by atoms with Crippen molar-refractivity contribution in [2.24, 2.45) is 11.3 Å². The van der Waals surface area contributed by atoms with Gasteiger partial charge >= 0.3 is 0 Å². The molecule has 4 heteroatoms. The number of carbonyl (C=O) groups is 1. The Morgan fingerprint density at radius 3 is 2.45 bits per heavy atom. The van der Waals surface area contributed by atoms with E-state index >= 15 is 0 Å². The molecule has 1 amide bonds. The molecule has 0 unspecified atom stereocenters. The maximum atomic E-state index is 11.9. The smallest absolute Gasteiger partial charge is 0.229 e. The number of pyridine rings is 1. The summed E-state index contributed by atoms with van der Waals surface area (Å²) in [5, 5.41) is 2.90. The van der Waals surface area contributed by atoms with Crippen molar-refractivity contribution < 1.29 is 4.79 Å². The van der Waals surface area contributed by atoms with E-state index in [1.54, 1.807) is 6.20 Å². The van der Waals surface area contributed by atoms with Crippen LogP contribution in [0, 0.1) is 11.3 Å². The topological polar surface area (TPSA) is 45.2 Å². The van der Waals surface area contributed by atoms with Crippen molar-refractivity contribution in [2.45, 2.75) is 40.5 Å². The van der Waals surface area contributed by atoms with E-state index in [2.05, 4.69) is 22.1 Å². The zero-order valence-corrected chi connectivity index (χ0v) is 12.9. The average Bonchev–Trinajstić information content (AvgIpc) is 2.39. The highest BCUT2D eigenvalue weighted by Crippen LogP contribution is 2.23. The van der Waals surface area contributed by atoms with Gasteiger partial charge in [-0.3, -0.25) is 4.79 Å². The van der Waals surface area contributed by atoms with Crippen molar-refractivity contribution in [3.05, 3.63) is 18.3 Å². The molecular weight excluding hydrogens is 250 g/mol. The zero-order chi connectivity index (χ0) is 14.8. The average molecular weight is 275 g/mol. The molecular formula is C16H25N3O. The molecule has 110 valence electrons. The molecule has 0 aliphatic carbocycles.